The maximum atomic E-state index is 15.4. The second-order valence-electron chi connectivity index (χ2n) is 12.4. The van der Waals surface area contributed by atoms with E-state index in [2.05, 4.69) is 28.7 Å². The molecule has 0 unspecified atom stereocenters. The fourth-order valence-corrected chi connectivity index (χ4v) is 5.85. The van der Waals surface area contributed by atoms with Crippen molar-refractivity contribution in [2.75, 3.05) is 23.7 Å². The summed E-state index contributed by atoms with van der Waals surface area (Å²) in [5.74, 6) is -1.26. The van der Waals surface area contributed by atoms with Gasteiger partial charge in [0.05, 0.1) is 11.3 Å². The molecule has 1 N–H and O–H groups in total. The van der Waals surface area contributed by atoms with Gasteiger partial charge < -0.3 is 14.7 Å². The quantitative estimate of drug-likeness (QED) is 0.260. The molecule has 6 nitrogen and oxygen atoms in total. The van der Waals surface area contributed by atoms with E-state index in [0.717, 1.165) is 31.5 Å². The molecule has 0 bridgehead atoms. The lowest BCUT2D eigenvalue weighted by atomic mass is 9.82. The van der Waals surface area contributed by atoms with Crippen LogP contribution in [0.1, 0.15) is 70.4 Å². The van der Waals surface area contributed by atoms with Gasteiger partial charge in [0.1, 0.15) is 10.8 Å². The molecule has 3 heterocycles. The predicted molar refractivity (Wildman–Crippen MR) is 159 cm³/mol. The average Bonchev–Trinajstić information content (AvgIpc) is 2.89. The number of nitrogens with zero attached hydrogens (tertiary/aromatic N) is 3. The van der Waals surface area contributed by atoms with Crippen molar-refractivity contribution in [3.05, 3.63) is 71.2 Å². The summed E-state index contributed by atoms with van der Waals surface area (Å²) in [7, 11) is 0. The molecule has 2 aromatic heterocycles. The highest BCUT2D eigenvalue weighted by atomic mass is 32.2. The van der Waals surface area contributed by atoms with Gasteiger partial charge >= 0.3 is 5.97 Å². The van der Waals surface area contributed by atoms with E-state index in [4.69, 9.17) is 4.74 Å². The number of carboxylic acids is 1. The number of pyridine rings is 2. The lowest BCUT2D eigenvalue weighted by molar-refractivity contribution is -0.160. The number of rotatable bonds is 9. The molecular formula is C32H39F2N3O3S. The maximum absolute atomic E-state index is 15.4. The first-order chi connectivity index (χ1) is 19.2. The molecule has 1 saturated heterocycles. The predicted octanol–water partition coefficient (Wildman–Crippen LogP) is 7.63. The van der Waals surface area contributed by atoms with E-state index in [1.54, 1.807) is 31.5 Å². The zero-order valence-electron chi connectivity index (χ0n) is 24.6. The van der Waals surface area contributed by atoms with Crippen LogP contribution in [-0.4, -0.2) is 45.5 Å². The van der Waals surface area contributed by atoms with Gasteiger partial charge in [-0.2, -0.15) is 0 Å². The molecule has 1 aromatic carbocycles. The van der Waals surface area contributed by atoms with Crippen molar-refractivity contribution in [1.29, 1.82) is 0 Å². The summed E-state index contributed by atoms with van der Waals surface area (Å²) < 4.78 is 34.7. The second kappa shape index (κ2) is 12.4. The molecule has 0 amide bonds. The summed E-state index contributed by atoms with van der Waals surface area (Å²) in [4.78, 5) is 23.8. The van der Waals surface area contributed by atoms with Crippen LogP contribution >= 0.6 is 11.8 Å². The zero-order valence-corrected chi connectivity index (χ0v) is 25.4. The number of thioether (sulfide) groups is 1. The topological polar surface area (TPSA) is 75.5 Å². The van der Waals surface area contributed by atoms with E-state index in [-0.39, 0.29) is 16.3 Å². The van der Waals surface area contributed by atoms with E-state index < -0.39 is 23.5 Å². The minimum absolute atomic E-state index is 0.174. The molecule has 1 aliphatic rings. The number of anilines is 1. The number of piperidine rings is 1. The number of aliphatic carboxylic acids is 1. The Bertz CT molecular complexity index is 1380. The van der Waals surface area contributed by atoms with Gasteiger partial charge in [-0.05, 0) is 76.1 Å². The van der Waals surface area contributed by atoms with Crippen LogP contribution in [0, 0.1) is 24.0 Å². The number of halogens is 2. The molecule has 0 radical (unpaired) electrons. The van der Waals surface area contributed by atoms with Gasteiger partial charge in [0.2, 0.25) is 0 Å². The Kier molecular flexibility index (Phi) is 9.39. The molecule has 0 spiro atoms. The smallest absolute Gasteiger partial charge is 0.337 e. The Morgan fingerprint density at radius 3 is 2.37 bits per heavy atom. The molecule has 1 aliphatic heterocycles. The number of aryl methyl sites for hydroxylation is 2. The van der Waals surface area contributed by atoms with Crippen molar-refractivity contribution in [2.45, 2.75) is 77.5 Å². The first kappa shape index (κ1) is 30.9. The van der Waals surface area contributed by atoms with Crippen LogP contribution < -0.4 is 4.90 Å². The fraction of sp³-hybridized carbons (Fsp3) is 0.469. The van der Waals surface area contributed by atoms with Gasteiger partial charge in [-0.3, -0.25) is 4.98 Å². The summed E-state index contributed by atoms with van der Waals surface area (Å²) in [6, 6.07) is 7.73. The van der Waals surface area contributed by atoms with E-state index >= 15 is 4.39 Å². The largest absolute Gasteiger partial charge is 0.479 e. The van der Waals surface area contributed by atoms with Gasteiger partial charge in [0.25, 0.3) is 0 Å². The molecule has 220 valence electrons. The standard InChI is InChI=1S/C32H39F2N3O3S/c1-20-26(28(30(38)39)40-31(2,3)4)27(37-14-12-32(5,6)13-15-37)24(19-35-20)22-17-25(34)29(36-18-22)41-16-11-21-7-9-23(33)10-8-21/h7-10,17-19,28H,11-16H2,1-6H3,(H,38,39)/t28-/m0/s1. The van der Waals surface area contributed by atoms with Gasteiger partial charge in [-0.15, -0.1) is 11.8 Å². The van der Waals surface area contributed by atoms with Crippen LogP contribution in [0.15, 0.2) is 47.8 Å². The monoisotopic (exact) mass is 583 g/mol. The Morgan fingerprint density at radius 1 is 1.12 bits per heavy atom. The Balaban J connectivity index is 1.71. The summed E-state index contributed by atoms with van der Waals surface area (Å²) in [6.07, 6.45) is 4.58. The maximum Gasteiger partial charge on any atom is 0.337 e. The highest BCUT2D eigenvalue weighted by Gasteiger charge is 2.36. The Hall–Kier alpha value is -3.04. The number of hydrogen-bond acceptors (Lipinski definition) is 6. The normalized spacial score (nSPS) is 16.0. The third-order valence-electron chi connectivity index (χ3n) is 7.34. The molecule has 41 heavy (non-hydrogen) atoms. The first-order valence-corrected chi connectivity index (χ1v) is 14.9. The van der Waals surface area contributed by atoms with Crippen molar-refractivity contribution in [3.63, 3.8) is 0 Å². The minimum atomic E-state index is -1.24. The summed E-state index contributed by atoms with van der Waals surface area (Å²) >= 11 is 1.30. The average molecular weight is 584 g/mol. The van der Waals surface area contributed by atoms with E-state index in [1.807, 2.05) is 20.8 Å². The molecule has 0 saturated carbocycles. The summed E-state index contributed by atoms with van der Waals surface area (Å²) in [5.41, 5.74) is 3.34. The van der Waals surface area contributed by atoms with Gasteiger partial charge in [0, 0.05) is 53.6 Å². The van der Waals surface area contributed by atoms with Crippen molar-refractivity contribution in [2.24, 2.45) is 5.41 Å². The number of benzene rings is 1. The third-order valence-corrected chi connectivity index (χ3v) is 8.32. The fourth-order valence-electron chi connectivity index (χ4n) is 4.99. The number of aromatic nitrogens is 2. The first-order valence-electron chi connectivity index (χ1n) is 13.9. The van der Waals surface area contributed by atoms with Crippen molar-refractivity contribution in [1.82, 2.24) is 9.97 Å². The van der Waals surface area contributed by atoms with Gasteiger partial charge in [-0.1, -0.05) is 26.0 Å². The van der Waals surface area contributed by atoms with Crippen molar-refractivity contribution in [3.8, 4) is 11.1 Å². The highest BCUT2D eigenvalue weighted by Crippen LogP contribution is 2.43. The zero-order chi connectivity index (χ0) is 29.9. The Labute approximate surface area is 245 Å². The molecule has 1 atom stereocenters. The van der Waals surface area contributed by atoms with Crippen LogP contribution in [0.25, 0.3) is 11.1 Å². The number of hydrogen-bond donors (Lipinski definition) is 1. The number of carbonyl (C=O) groups is 1. The second-order valence-corrected chi connectivity index (χ2v) is 13.4. The minimum Gasteiger partial charge on any atom is -0.479 e. The van der Waals surface area contributed by atoms with Crippen molar-refractivity contribution >= 4 is 23.4 Å². The van der Waals surface area contributed by atoms with Crippen LogP contribution in [0.5, 0.6) is 0 Å². The molecule has 0 aliphatic carbocycles. The molecule has 3 aromatic rings. The van der Waals surface area contributed by atoms with Crippen LogP contribution in [-0.2, 0) is 16.0 Å². The third kappa shape index (κ3) is 7.83. The van der Waals surface area contributed by atoms with E-state index in [0.29, 0.717) is 40.2 Å². The van der Waals surface area contributed by atoms with Crippen molar-refractivity contribution < 1.29 is 23.4 Å². The molecular weight excluding hydrogens is 544 g/mol. The lowest BCUT2D eigenvalue weighted by Crippen LogP contribution is -2.39. The Morgan fingerprint density at radius 2 is 1.78 bits per heavy atom. The molecule has 9 heteroatoms. The van der Waals surface area contributed by atoms with Crippen LogP contribution in [0.3, 0.4) is 0 Å². The van der Waals surface area contributed by atoms with E-state index in [1.165, 1.54) is 30.0 Å². The summed E-state index contributed by atoms with van der Waals surface area (Å²) in [5, 5.41) is 10.6. The van der Waals surface area contributed by atoms with Gasteiger partial charge in [0.15, 0.2) is 11.9 Å². The molecule has 4 rings (SSSR count). The highest BCUT2D eigenvalue weighted by molar-refractivity contribution is 7.99. The number of carboxylic acid groups (broad SMARTS) is 1. The SMILES string of the molecule is Cc1ncc(-c2cnc(SCCc3ccc(F)cc3)c(F)c2)c(N2CCC(C)(C)CC2)c1[C@H](OC(C)(C)C)C(=O)O. The lowest BCUT2D eigenvalue weighted by Gasteiger charge is -2.40. The number of ether oxygens (including phenoxy) is 1. The van der Waals surface area contributed by atoms with Crippen LogP contribution in [0.4, 0.5) is 14.5 Å². The van der Waals surface area contributed by atoms with Crippen LogP contribution in [0.2, 0.25) is 0 Å². The molecule has 1 fully saturated rings. The van der Waals surface area contributed by atoms with E-state index in [9.17, 15) is 14.3 Å². The summed E-state index contributed by atoms with van der Waals surface area (Å²) in [6.45, 7) is 13.2. The van der Waals surface area contributed by atoms with Gasteiger partial charge in [-0.25, -0.2) is 18.6 Å².